The van der Waals surface area contributed by atoms with Crippen LogP contribution in [-0.4, -0.2) is 17.0 Å². The third-order valence-electron chi connectivity index (χ3n) is 3.23. The van der Waals surface area contributed by atoms with E-state index in [2.05, 4.69) is 59.2 Å². The summed E-state index contributed by atoms with van der Waals surface area (Å²) in [6.07, 6.45) is 0. The van der Waals surface area contributed by atoms with Crippen LogP contribution in [0.3, 0.4) is 0 Å². The van der Waals surface area contributed by atoms with Crippen molar-refractivity contribution in [1.29, 1.82) is 0 Å². The Morgan fingerprint density at radius 1 is 1.10 bits per heavy atom. The molecule has 0 amide bonds. The van der Waals surface area contributed by atoms with Gasteiger partial charge in [-0.2, -0.15) is 0 Å². The summed E-state index contributed by atoms with van der Waals surface area (Å²) in [6, 6.07) is 12.6. The summed E-state index contributed by atoms with van der Waals surface area (Å²) in [5.74, 6) is 1.84. The molecule has 0 atom stereocenters. The summed E-state index contributed by atoms with van der Waals surface area (Å²) in [7, 11) is 2.08. The maximum atomic E-state index is 4.63. The highest BCUT2D eigenvalue weighted by Gasteiger charge is 2.12. The van der Waals surface area contributed by atoms with Crippen molar-refractivity contribution in [3.05, 3.63) is 52.7 Å². The minimum Gasteiger partial charge on any atom is -0.355 e. The topological polar surface area (TPSA) is 29.0 Å². The zero-order valence-corrected chi connectivity index (χ0v) is 12.7. The van der Waals surface area contributed by atoms with Gasteiger partial charge in [-0.15, -0.1) is 11.3 Å². The summed E-state index contributed by atoms with van der Waals surface area (Å²) >= 11 is 1.73. The van der Waals surface area contributed by atoms with Gasteiger partial charge in [0.05, 0.1) is 5.39 Å². The smallest absolute Gasteiger partial charge is 0.141 e. The molecule has 0 unspecified atom stereocenters. The summed E-state index contributed by atoms with van der Waals surface area (Å²) in [5, 5.41) is 1.15. The fourth-order valence-corrected chi connectivity index (χ4v) is 3.27. The van der Waals surface area contributed by atoms with Crippen LogP contribution in [0.2, 0.25) is 0 Å². The first-order valence-electron chi connectivity index (χ1n) is 6.63. The summed E-state index contributed by atoms with van der Waals surface area (Å²) in [6.45, 7) is 4.91. The molecular formula is C16H17N3S. The second kappa shape index (κ2) is 5.21. The molecule has 0 saturated carbocycles. The van der Waals surface area contributed by atoms with Gasteiger partial charge in [0.25, 0.3) is 0 Å². The maximum absolute atomic E-state index is 4.63. The zero-order valence-electron chi connectivity index (χ0n) is 11.9. The molecule has 2 heterocycles. The van der Waals surface area contributed by atoms with Crippen molar-refractivity contribution in [2.75, 3.05) is 11.9 Å². The summed E-state index contributed by atoms with van der Waals surface area (Å²) < 4.78 is 0. The summed E-state index contributed by atoms with van der Waals surface area (Å²) in [5.41, 5.74) is 1.28. The molecule has 0 aliphatic rings. The molecule has 0 N–H and O–H groups in total. The van der Waals surface area contributed by atoms with Crippen molar-refractivity contribution in [2.24, 2.45) is 0 Å². The van der Waals surface area contributed by atoms with Crippen molar-refractivity contribution in [2.45, 2.75) is 20.4 Å². The number of anilines is 1. The van der Waals surface area contributed by atoms with Gasteiger partial charge in [0.1, 0.15) is 16.5 Å². The maximum Gasteiger partial charge on any atom is 0.141 e. The largest absolute Gasteiger partial charge is 0.355 e. The Labute approximate surface area is 122 Å². The highest BCUT2D eigenvalue weighted by Crippen LogP contribution is 2.30. The van der Waals surface area contributed by atoms with Gasteiger partial charge >= 0.3 is 0 Å². The highest BCUT2D eigenvalue weighted by molar-refractivity contribution is 7.18. The Morgan fingerprint density at radius 3 is 2.60 bits per heavy atom. The third-order valence-corrected chi connectivity index (χ3v) is 4.18. The number of rotatable bonds is 3. The van der Waals surface area contributed by atoms with Crippen molar-refractivity contribution in [3.63, 3.8) is 0 Å². The van der Waals surface area contributed by atoms with E-state index < -0.39 is 0 Å². The average molecular weight is 283 g/mol. The number of aromatic nitrogens is 2. The summed E-state index contributed by atoms with van der Waals surface area (Å²) in [4.78, 5) is 13.7. The van der Waals surface area contributed by atoms with E-state index in [0.717, 1.165) is 28.4 Å². The molecule has 3 aromatic rings. The number of hydrogen-bond donors (Lipinski definition) is 0. The average Bonchev–Trinajstić information content (AvgIpc) is 2.78. The van der Waals surface area contributed by atoms with Crippen molar-refractivity contribution >= 4 is 27.4 Å². The van der Waals surface area contributed by atoms with E-state index in [9.17, 15) is 0 Å². The Morgan fingerprint density at radius 2 is 1.85 bits per heavy atom. The number of fused-ring (bicyclic) bond motifs is 1. The first kappa shape index (κ1) is 13.1. The van der Waals surface area contributed by atoms with Gasteiger partial charge in [0, 0.05) is 18.5 Å². The SMILES string of the molecule is Cc1nc(N(C)Cc2ccccc2)c2cc(C)sc2n1. The van der Waals surface area contributed by atoms with Crippen LogP contribution in [0.4, 0.5) is 5.82 Å². The third kappa shape index (κ3) is 2.51. The second-order valence-electron chi connectivity index (χ2n) is 5.01. The molecule has 3 nitrogen and oxygen atoms in total. The van der Waals surface area contributed by atoms with Crippen molar-refractivity contribution in [1.82, 2.24) is 9.97 Å². The lowest BCUT2D eigenvalue weighted by molar-refractivity contribution is 0.892. The van der Waals surface area contributed by atoms with Crippen LogP contribution in [0.15, 0.2) is 36.4 Å². The number of benzene rings is 1. The molecule has 1 aromatic carbocycles. The lowest BCUT2D eigenvalue weighted by Gasteiger charge is -2.19. The molecule has 0 fully saturated rings. The molecule has 0 aliphatic heterocycles. The minimum absolute atomic E-state index is 0.828. The number of nitrogens with zero attached hydrogens (tertiary/aromatic N) is 3. The normalized spacial score (nSPS) is 10.9. The molecule has 0 aliphatic carbocycles. The molecule has 0 bridgehead atoms. The predicted octanol–water partition coefficient (Wildman–Crippen LogP) is 3.94. The molecule has 0 spiro atoms. The Kier molecular flexibility index (Phi) is 3.40. The van der Waals surface area contributed by atoms with Gasteiger partial charge in [-0.3, -0.25) is 0 Å². The standard InChI is InChI=1S/C16H17N3S/c1-11-9-14-15(17-12(2)18-16(14)20-11)19(3)10-13-7-5-4-6-8-13/h4-9H,10H2,1-3H3. The van der Waals surface area contributed by atoms with Crippen LogP contribution >= 0.6 is 11.3 Å². The van der Waals surface area contributed by atoms with E-state index in [0.29, 0.717) is 0 Å². The fraction of sp³-hybridized carbons (Fsp3) is 0.250. The molecule has 0 radical (unpaired) electrons. The van der Waals surface area contributed by atoms with E-state index >= 15 is 0 Å². The minimum atomic E-state index is 0.828. The fourth-order valence-electron chi connectivity index (χ4n) is 2.35. The highest BCUT2D eigenvalue weighted by atomic mass is 32.1. The number of thiophene rings is 1. The van der Waals surface area contributed by atoms with Crippen LogP contribution in [0.1, 0.15) is 16.3 Å². The number of hydrogen-bond acceptors (Lipinski definition) is 4. The molecule has 0 saturated heterocycles. The van der Waals surface area contributed by atoms with Crippen LogP contribution in [-0.2, 0) is 6.54 Å². The number of aryl methyl sites for hydroxylation is 2. The van der Waals surface area contributed by atoms with E-state index in [1.807, 2.05) is 13.0 Å². The van der Waals surface area contributed by atoms with E-state index in [-0.39, 0.29) is 0 Å². The molecule has 4 heteroatoms. The van der Waals surface area contributed by atoms with Gasteiger partial charge in [-0.25, -0.2) is 9.97 Å². The molecule has 3 rings (SSSR count). The first-order valence-corrected chi connectivity index (χ1v) is 7.45. The molecule has 2 aromatic heterocycles. The van der Waals surface area contributed by atoms with Crippen molar-refractivity contribution < 1.29 is 0 Å². The van der Waals surface area contributed by atoms with Gasteiger partial charge < -0.3 is 4.90 Å². The van der Waals surface area contributed by atoms with Crippen molar-refractivity contribution in [3.8, 4) is 0 Å². The molecule has 102 valence electrons. The van der Waals surface area contributed by atoms with Crippen LogP contribution < -0.4 is 4.90 Å². The molecular weight excluding hydrogens is 266 g/mol. The van der Waals surface area contributed by atoms with E-state index in [4.69, 9.17) is 0 Å². The van der Waals surface area contributed by atoms with Gasteiger partial charge in [-0.05, 0) is 25.5 Å². The lowest BCUT2D eigenvalue weighted by atomic mass is 10.2. The van der Waals surface area contributed by atoms with Crippen LogP contribution in [0, 0.1) is 13.8 Å². The van der Waals surface area contributed by atoms with Crippen LogP contribution in [0.25, 0.3) is 10.2 Å². The zero-order chi connectivity index (χ0) is 14.1. The van der Waals surface area contributed by atoms with Gasteiger partial charge in [-0.1, -0.05) is 30.3 Å². The molecule has 20 heavy (non-hydrogen) atoms. The monoisotopic (exact) mass is 283 g/mol. The quantitative estimate of drug-likeness (QED) is 0.729. The van der Waals surface area contributed by atoms with E-state index in [1.165, 1.54) is 10.4 Å². The van der Waals surface area contributed by atoms with Gasteiger partial charge in [0.15, 0.2) is 0 Å². The second-order valence-corrected chi connectivity index (χ2v) is 6.25. The van der Waals surface area contributed by atoms with Gasteiger partial charge in [0.2, 0.25) is 0 Å². The Hall–Kier alpha value is -1.94. The Balaban J connectivity index is 2.00. The van der Waals surface area contributed by atoms with E-state index in [1.54, 1.807) is 11.3 Å². The predicted molar refractivity (Wildman–Crippen MR) is 85.4 cm³/mol. The first-order chi connectivity index (χ1) is 9.63. The lowest BCUT2D eigenvalue weighted by Crippen LogP contribution is -2.18. The Bertz CT molecular complexity index is 734. The van der Waals surface area contributed by atoms with Crippen LogP contribution in [0.5, 0.6) is 0 Å².